The van der Waals surface area contributed by atoms with Crippen LogP contribution in [0, 0.1) is 76.2 Å². The summed E-state index contributed by atoms with van der Waals surface area (Å²) >= 11 is 2.99. The van der Waals surface area contributed by atoms with Crippen molar-refractivity contribution in [3.05, 3.63) is 292 Å². The van der Waals surface area contributed by atoms with Crippen molar-refractivity contribution in [1.82, 2.24) is 59.8 Å². The van der Waals surface area contributed by atoms with Gasteiger partial charge in [0, 0.05) is 245 Å². The molecule has 33 heteroatoms. The van der Waals surface area contributed by atoms with Crippen LogP contribution in [0.15, 0.2) is 163 Å². The molecule has 0 amide bonds. The number of aryl methyl sites for hydroxylation is 11. The zero-order valence-corrected chi connectivity index (χ0v) is 83.7. The number of pyridine rings is 10. The van der Waals surface area contributed by atoms with Gasteiger partial charge in [-0.3, -0.25) is 48.7 Å². The van der Waals surface area contributed by atoms with E-state index in [4.69, 9.17) is 61.6 Å². The number of thiazole rings is 2. The summed E-state index contributed by atoms with van der Waals surface area (Å²) in [6.45, 7) is 33.5. The number of rotatable bonds is 48. The van der Waals surface area contributed by atoms with Gasteiger partial charge in [0.2, 0.25) is 0 Å². The first-order valence-corrected chi connectivity index (χ1v) is 46.7. The number of carbonyl (C=O) groups is 6. The molecule has 0 aliphatic carbocycles. The van der Waals surface area contributed by atoms with Crippen LogP contribution in [-0.4, -0.2) is 228 Å². The highest BCUT2D eigenvalue weighted by atomic mass is 32.1. The lowest BCUT2D eigenvalue weighted by Gasteiger charge is -2.14. The van der Waals surface area contributed by atoms with E-state index >= 15 is 0 Å². The van der Waals surface area contributed by atoms with Crippen molar-refractivity contribution in [3.8, 4) is 34.5 Å². The van der Waals surface area contributed by atoms with Gasteiger partial charge in [0.25, 0.3) is 0 Å². The van der Waals surface area contributed by atoms with Crippen molar-refractivity contribution in [3.63, 3.8) is 0 Å². The number of hydrogen-bond acceptors (Lipinski definition) is 33. The highest BCUT2D eigenvalue weighted by molar-refractivity contribution is 7.10. The summed E-state index contributed by atoms with van der Waals surface area (Å²) in [7, 11) is 8.20. The van der Waals surface area contributed by atoms with Gasteiger partial charge >= 0.3 is 0 Å². The summed E-state index contributed by atoms with van der Waals surface area (Å²) in [6, 6.07) is 37.9. The molecule has 0 radical (unpaired) electrons. The summed E-state index contributed by atoms with van der Waals surface area (Å²) in [5.41, 5.74) is 14.9. The smallest absolute Gasteiger partial charge is 0.188 e. The van der Waals surface area contributed by atoms with Gasteiger partial charge in [-0.2, -0.15) is 0 Å². The Morgan fingerprint density at radius 2 is 0.599 bits per heavy atom. The number of ketones is 6. The van der Waals surface area contributed by atoms with Gasteiger partial charge in [-0.25, -0.2) is 39.9 Å². The van der Waals surface area contributed by atoms with Crippen molar-refractivity contribution in [1.29, 1.82) is 0 Å². The molecule has 0 bridgehead atoms. The molecule has 31 nitrogen and oxygen atoms in total. The number of ether oxygens (including phenoxy) is 13. The average Bonchev–Trinajstić information content (AvgIpc) is 1.79. The third kappa shape index (κ3) is 43.9. The van der Waals surface area contributed by atoms with E-state index in [1.807, 2.05) is 193 Å². The number of Topliss-reactive ketones (excluding diaryl/α,β-unsaturated/α-hetero) is 6. The highest BCUT2D eigenvalue weighted by Crippen LogP contribution is 2.25. The molecule has 0 saturated carbocycles. The van der Waals surface area contributed by atoms with Gasteiger partial charge in [-0.1, -0.05) is 24.3 Å². The molecule has 0 aromatic carbocycles. The number of methoxy groups -OCH3 is 5. The van der Waals surface area contributed by atoms with Gasteiger partial charge in [-0.05, 0) is 144 Å². The first kappa shape index (κ1) is 111. The Balaban J connectivity index is 0.000000224. The molecule has 12 aromatic heterocycles. The second kappa shape index (κ2) is 61.4. The predicted octanol–water partition coefficient (Wildman–Crippen LogP) is 17.0. The maximum Gasteiger partial charge on any atom is 0.188 e. The van der Waals surface area contributed by atoms with Gasteiger partial charge in [-0.15, -0.1) is 22.7 Å². The fourth-order valence-electron chi connectivity index (χ4n) is 12.5. The summed E-state index contributed by atoms with van der Waals surface area (Å²) in [5.74, 6) is 3.45. The van der Waals surface area contributed by atoms with Crippen LogP contribution < -0.4 is 28.4 Å². The van der Waals surface area contributed by atoms with Crippen molar-refractivity contribution >= 4 is 57.4 Å². The Bertz CT molecular complexity index is 5480. The fraction of sp³-hybridized carbons (Fsp3) is 0.404. The molecule has 730 valence electrons. The van der Waals surface area contributed by atoms with E-state index in [0.717, 1.165) is 108 Å². The molecule has 0 unspecified atom stereocenters. The molecular weight excluding hydrogens is 1790 g/mol. The van der Waals surface area contributed by atoms with Crippen molar-refractivity contribution in [2.75, 3.05) is 121 Å². The molecular formula is C104H128N12O19S2. The molecule has 12 rings (SSSR count). The first-order chi connectivity index (χ1) is 65.9. The van der Waals surface area contributed by atoms with E-state index in [-0.39, 0.29) is 85.4 Å². The van der Waals surface area contributed by atoms with E-state index < -0.39 is 0 Å². The summed E-state index contributed by atoms with van der Waals surface area (Å²) in [5, 5.41) is 5.50. The second-order valence-corrected chi connectivity index (χ2v) is 33.7. The van der Waals surface area contributed by atoms with E-state index in [2.05, 4.69) is 59.8 Å². The van der Waals surface area contributed by atoms with Crippen molar-refractivity contribution < 1.29 is 90.3 Å². The minimum Gasteiger partial charge on any atom is -0.493 e. The van der Waals surface area contributed by atoms with Gasteiger partial charge < -0.3 is 61.6 Å². The Morgan fingerprint density at radius 1 is 0.299 bits per heavy atom. The minimum atomic E-state index is -0.0940. The number of nitrogens with zero attached hydrogens (tertiary/aromatic N) is 12. The molecule has 0 fully saturated rings. The molecule has 0 aliphatic rings. The van der Waals surface area contributed by atoms with E-state index in [9.17, 15) is 28.8 Å². The highest BCUT2D eigenvalue weighted by Gasteiger charge is 2.21. The van der Waals surface area contributed by atoms with E-state index in [1.165, 1.54) is 22.7 Å². The zero-order valence-electron chi connectivity index (χ0n) is 82.0. The molecule has 2 atom stereocenters. The summed E-state index contributed by atoms with van der Waals surface area (Å²) < 4.78 is 69.6. The maximum absolute atomic E-state index is 12.5. The van der Waals surface area contributed by atoms with Crippen LogP contribution in [0.25, 0.3) is 0 Å². The Kier molecular flexibility index (Phi) is 49.9. The number of aromatic nitrogens is 12. The lowest BCUT2D eigenvalue weighted by Crippen LogP contribution is -2.18. The van der Waals surface area contributed by atoms with Crippen LogP contribution in [0.2, 0.25) is 0 Å². The van der Waals surface area contributed by atoms with Crippen molar-refractivity contribution in [2.24, 2.45) is 0 Å². The molecule has 0 aliphatic heterocycles. The predicted molar refractivity (Wildman–Crippen MR) is 525 cm³/mol. The monoisotopic (exact) mass is 1910 g/mol. The molecule has 12 aromatic rings. The lowest BCUT2D eigenvalue weighted by molar-refractivity contribution is 0.0544. The summed E-state index contributed by atoms with van der Waals surface area (Å²) in [6.07, 6.45) is 9.82. The van der Waals surface area contributed by atoms with Crippen LogP contribution in [0.3, 0.4) is 0 Å². The van der Waals surface area contributed by atoms with Gasteiger partial charge in [0.15, 0.2) is 34.7 Å². The van der Waals surface area contributed by atoms with Gasteiger partial charge in [0.1, 0.15) is 104 Å². The standard InChI is InChI=1S/C19H24N2O4.2C18H22N2O3.C17H20N2O3.2C16H20N2O3S/c1-14-4-5-16(20-13-14)11-19(22)18-12-17(10-15(2)21-18)25-9-8-24-7-6-23-3;2*1-12-5-6-15(19-10-12)8-18(21)17-9-16(7-13(2)20-17)23-14(3)11-22-4;1-13-10-15(22-9-5-8-21-2)12-16(19-13)17(20)11-14-6-3-4-7-18-14;1-11-7-13(21-6-4-5-20-3)8-14(17-11)15(19)9-16-18-12(2)10-22-16;1-4-20-5-6-21-13-7-11(2)17-14(8-13)15(19)9-16-18-12(3)10-22-16/h4-5,10,12-13H,6-9,11H2,1-3H3;2*5-7,9-10,14H,8,11H2,1-4H3;3-4,6-7,10,12H,5,8-9,11H2,1-2H3;2*7-8,10H,4-6,9H2,1-3H3/t;2*14-;;;/m.10.../s1. The van der Waals surface area contributed by atoms with Crippen molar-refractivity contribution in [2.45, 2.75) is 161 Å². The molecule has 0 saturated heterocycles. The second-order valence-electron chi connectivity index (χ2n) is 31.8. The Morgan fingerprint density at radius 3 is 0.883 bits per heavy atom. The Labute approximate surface area is 811 Å². The van der Waals surface area contributed by atoms with E-state index in [0.29, 0.717) is 155 Å². The lowest BCUT2D eigenvalue weighted by atomic mass is 10.1. The molecule has 0 spiro atoms. The normalized spacial score (nSPS) is 11.1. The fourth-order valence-corrected chi connectivity index (χ4v) is 14.1. The van der Waals surface area contributed by atoms with Crippen LogP contribution in [0.5, 0.6) is 34.5 Å². The molecule has 0 N–H and O–H groups in total. The number of hydrogen-bond donors (Lipinski definition) is 0. The van der Waals surface area contributed by atoms with Crippen LogP contribution in [-0.2, 0) is 71.7 Å². The van der Waals surface area contributed by atoms with Crippen LogP contribution in [0.1, 0.15) is 192 Å². The van der Waals surface area contributed by atoms with Crippen LogP contribution >= 0.6 is 22.7 Å². The molecule has 12 heterocycles. The zero-order chi connectivity index (χ0) is 99.4. The van der Waals surface area contributed by atoms with Gasteiger partial charge in [0.05, 0.1) is 91.4 Å². The largest absolute Gasteiger partial charge is 0.493 e. The van der Waals surface area contributed by atoms with E-state index in [1.54, 1.807) is 103 Å². The SMILES string of the molecule is CCOCCOc1cc(C)nc(C(=O)Cc2nc(C)cs2)c1.COCCCOc1cc(C)nc(C(=O)Cc2ccccn2)c1.COCCCOc1cc(C)nc(C(=O)Cc2nc(C)cs2)c1.COCCOCCOc1cc(C)nc(C(=O)Cc2ccc(C)cn2)c1.COC[C@@H](C)Oc1cc(C)nc(C(=O)Cc2ccc(C)cn2)c1.COC[C@H](C)Oc1cc(C)nc(C(=O)Cc2ccc(C)cn2)c1. The maximum atomic E-state index is 12.5. The summed E-state index contributed by atoms with van der Waals surface area (Å²) in [4.78, 5) is 126. The minimum absolute atomic E-state index is 0.0419. The average molecular weight is 1910 g/mol. The first-order valence-electron chi connectivity index (χ1n) is 44.9. The topological polar surface area (TPSA) is 377 Å². The third-order valence-electron chi connectivity index (χ3n) is 18.9. The number of carbonyl (C=O) groups excluding carboxylic acids is 6. The Hall–Kier alpha value is -12.7. The molecule has 137 heavy (non-hydrogen) atoms. The van der Waals surface area contributed by atoms with Crippen LogP contribution in [0.4, 0.5) is 0 Å². The quantitative estimate of drug-likeness (QED) is 0.0252. The third-order valence-corrected chi connectivity index (χ3v) is 20.8.